The molecule has 0 atom stereocenters. The maximum absolute atomic E-state index is 4.80. The van der Waals surface area contributed by atoms with Crippen LogP contribution >= 0.6 is 27.3 Å². The van der Waals surface area contributed by atoms with Crippen molar-refractivity contribution >= 4 is 27.3 Å². The van der Waals surface area contributed by atoms with Crippen molar-refractivity contribution in [1.29, 1.82) is 0 Å². The van der Waals surface area contributed by atoms with E-state index in [1.54, 1.807) is 0 Å². The summed E-state index contributed by atoms with van der Waals surface area (Å²) < 4.78 is 1.11. The van der Waals surface area contributed by atoms with E-state index in [9.17, 15) is 0 Å². The van der Waals surface area contributed by atoms with Gasteiger partial charge in [-0.25, -0.2) is 4.98 Å². The normalized spacial score (nSPS) is 15.7. The fraction of sp³-hybridized carbons (Fsp3) is 0.357. The van der Waals surface area contributed by atoms with Gasteiger partial charge in [-0.2, -0.15) is 0 Å². The molecule has 94 valence electrons. The van der Waals surface area contributed by atoms with Crippen LogP contribution in [-0.4, -0.2) is 23.0 Å². The smallest absolute Gasteiger partial charge is 0.123 e. The molecule has 1 aromatic carbocycles. The lowest BCUT2D eigenvalue weighted by Crippen LogP contribution is -2.29. The second kappa shape index (κ2) is 5.11. The molecule has 0 spiro atoms. The van der Waals surface area contributed by atoms with Crippen molar-refractivity contribution < 1.29 is 0 Å². The van der Waals surface area contributed by atoms with Crippen LogP contribution in [0.4, 0.5) is 0 Å². The van der Waals surface area contributed by atoms with E-state index in [2.05, 4.69) is 52.0 Å². The Kier molecular flexibility index (Phi) is 3.50. The number of rotatable bonds is 2. The van der Waals surface area contributed by atoms with Crippen molar-refractivity contribution in [2.75, 3.05) is 13.1 Å². The molecule has 0 fully saturated rings. The maximum Gasteiger partial charge on any atom is 0.123 e. The molecular formula is C14H15BrN2S. The van der Waals surface area contributed by atoms with Crippen LogP contribution in [0.15, 0.2) is 28.7 Å². The number of aromatic nitrogens is 1. The minimum Gasteiger partial charge on any atom is -0.298 e. The number of thiazole rings is 1. The zero-order valence-corrected chi connectivity index (χ0v) is 12.7. The summed E-state index contributed by atoms with van der Waals surface area (Å²) in [4.78, 5) is 8.72. The number of likely N-dealkylation sites (N-methyl/N-ethyl adjacent to an activating group) is 1. The van der Waals surface area contributed by atoms with Crippen LogP contribution in [0.3, 0.4) is 0 Å². The summed E-state index contributed by atoms with van der Waals surface area (Å²) >= 11 is 5.36. The lowest BCUT2D eigenvalue weighted by Gasteiger charge is -2.23. The van der Waals surface area contributed by atoms with Gasteiger partial charge in [-0.15, -0.1) is 11.3 Å². The molecular weight excluding hydrogens is 308 g/mol. The Morgan fingerprint density at radius 1 is 1.44 bits per heavy atom. The summed E-state index contributed by atoms with van der Waals surface area (Å²) in [6.45, 7) is 5.56. The van der Waals surface area contributed by atoms with Gasteiger partial charge in [0.05, 0.1) is 5.69 Å². The third-order valence-corrected chi connectivity index (χ3v) is 4.95. The number of fused-ring (bicyclic) bond motifs is 1. The van der Waals surface area contributed by atoms with Gasteiger partial charge in [0.1, 0.15) is 5.01 Å². The minimum absolute atomic E-state index is 1.07. The van der Waals surface area contributed by atoms with Crippen molar-refractivity contribution in [2.24, 2.45) is 0 Å². The van der Waals surface area contributed by atoms with Crippen molar-refractivity contribution in [2.45, 2.75) is 19.9 Å². The van der Waals surface area contributed by atoms with E-state index >= 15 is 0 Å². The number of halogens is 1. The van der Waals surface area contributed by atoms with Gasteiger partial charge < -0.3 is 0 Å². The summed E-state index contributed by atoms with van der Waals surface area (Å²) in [5.74, 6) is 0. The summed E-state index contributed by atoms with van der Waals surface area (Å²) in [6.07, 6.45) is 1.09. The maximum atomic E-state index is 4.80. The second-order valence-electron chi connectivity index (χ2n) is 4.52. The molecule has 0 saturated heterocycles. The molecule has 0 bridgehead atoms. The number of benzene rings is 1. The van der Waals surface area contributed by atoms with E-state index < -0.39 is 0 Å². The Morgan fingerprint density at radius 2 is 2.33 bits per heavy atom. The van der Waals surface area contributed by atoms with E-state index in [0.717, 1.165) is 35.5 Å². The quantitative estimate of drug-likeness (QED) is 0.832. The summed E-state index contributed by atoms with van der Waals surface area (Å²) in [7, 11) is 0. The average molecular weight is 323 g/mol. The number of hydrogen-bond acceptors (Lipinski definition) is 3. The zero-order chi connectivity index (χ0) is 12.5. The zero-order valence-electron chi connectivity index (χ0n) is 10.3. The summed E-state index contributed by atoms with van der Waals surface area (Å²) in [5, 5.41) is 1.15. The fourth-order valence-electron chi connectivity index (χ4n) is 2.26. The van der Waals surface area contributed by atoms with Gasteiger partial charge >= 0.3 is 0 Å². The van der Waals surface area contributed by atoms with Crippen molar-refractivity contribution in [3.8, 4) is 10.6 Å². The highest BCUT2D eigenvalue weighted by atomic mass is 79.9. The minimum atomic E-state index is 1.07. The predicted octanol–water partition coefficient (Wildman–Crippen LogP) is 3.95. The van der Waals surface area contributed by atoms with Crippen LogP contribution in [0.5, 0.6) is 0 Å². The van der Waals surface area contributed by atoms with Crippen LogP contribution in [0, 0.1) is 0 Å². The average Bonchev–Trinajstić information content (AvgIpc) is 2.81. The topological polar surface area (TPSA) is 16.1 Å². The summed E-state index contributed by atoms with van der Waals surface area (Å²) in [5.41, 5.74) is 2.52. The standard InChI is InChI=1S/C14H15BrN2S/c1-2-17-7-6-12-13(9-17)18-14(16-12)10-4-3-5-11(15)8-10/h3-5,8H,2,6-7,9H2,1H3. The molecule has 2 nitrogen and oxygen atoms in total. The van der Waals surface area contributed by atoms with Gasteiger partial charge in [0.15, 0.2) is 0 Å². The predicted molar refractivity (Wildman–Crippen MR) is 79.9 cm³/mol. The highest BCUT2D eigenvalue weighted by Crippen LogP contribution is 2.32. The first-order chi connectivity index (χ1) is 8.76. The van der Waals surface area contributed by atoms with E-state index in [4.69, 9.17) is 4.98 Å². The SMILES string of the molecule is CCN1CCc2nc(-c3cccc(Br)c3)sc2C1. The third-order valence-electron chi connectivity index (χ3n) is 3.33. The Hall–Kier alpha value is -0.710. The largest absolute Gasteiger partial charge is 0.298 e. The van der Waals surface area contributed by atoms with E-state index in [-0.39, 0.29) is 0 Å². The lowest BCUT2D eigenvalue weighted by molar-refractivity contribution is 0.270. The van der Waals surface area contributed by atoms with Gasteiger partial charge in [0.25, 0.3) is 0 Å². The number of hydrogen-bond donors (Lipinski definition) is 0. The Balaban J connectivity index is 1.94. The highest BCUT2D eigenvalue weighted by molar-refractivity contribution is 9.10. The molecule has 0 amide bonds. The van der Waals surface area contributed by atoms with Gasteiger partial charge in [0.2, 0.25) is 0 Å². The Morgan fingerprint density at radius 3 is 3.11 bits per heavy atom. The molecule has 18 heavy (non-hydrogen) atoms. The van der Waals surface area contributed by atoms with E-state index in [1.165, 1.54) is 16.1 Å². The van der Waals surface area contributed by atoms with Gasteiger partial charge in [-0.05, 0) is 18.7 Å². The molecule has 0 N–H and O–H groups in total. The molecule has 2 heterocycles. The van der Waals surface area contributed by atoms with Crippen molar-refractivity contribution in [3.05, 3.63) is 39.3 Å². The van der Waals surface area contributed by atoms with Crippen LogP contribution in [0.2, 0.25) is 0 Å². The summed E-state index contributed by atoms with van der Waals surface area (Å²) in [6, 6.07) is 8.39. The highest BCUT2D eigenvalue weighted by Gasteiger charge is 2.19. The van der Waals surface area contributed by atoms with Crippen LogP contribution in [0.25, 0.3) is 10.6 Å². The first kappa shape index (κ1) is 12.3. The molecule has 0 radical (unpaired) electrons. The molecule has 0 saturated carbocycles. The lowest BCUT2D eigenvalue weighted by atomic mass is 10.2. The monoisotopic (exact) mass is 322 g/mol. The van der Waals surface area contributed by atoms with Crippen molar-refractivity contribution in [3.63, 3.8) is 0 Å². The van der Waals surface area contributed by atoms with Gasteiger partial charge in [-0.1, -0.05) is 35.0 Å². The molecule has 1 aliphatic heterocycles. The van der Waals surface area contributed by atoms with Crippen LogP contribution < -0.4 is 0 Å². The van der Waals surface area contributed by atoms with Crippen molar-refractivity contribution in [1.82, 2.24) is 9.88 Å². The molecule has 0 aliphatic carbocycles. The molecule has 2 aromatic rings. The van der Waals surface area contributed by atoms with Crippen LogP contribution in [-0.2, 0) is 13.0 Å². The second-order valence-corrected chi connectivity index (χ2v) is 6.52. The molecule has 1 aliphatic rings. The molecule has 3 rings (SSSR count). The van der Waals surface area contributed by atoms with E-state index in [0.29, 0.717) is 0 Å². The Bertz CT molecular complexity index is 565. The van der Waals surface area contributed by atoms with Gasteiger partial charge in [-0.3, -0.25) is 4.90 Å². The third kappa shape index (κ3) is 2.37. The molecule has 1 aromatic heterocycles. The van der Waals surface area contributed by atoms with E-state index in [1.807, 2.05) is 11.3 Å². The molecule has 0 unspecified atom stereocenters. The molecule has 4 heteroatoms. The van der Waals surface area contributed by atoms with Gasteiger partial charge in [0, 0.05) is 34.4 Å². The fourth-order valence-corrected chi connectivity index (χ4v) is 3.81. The first-order valence-electron chi connectivity index (χ1n) is 6.23. The Labute approximate surface area is 120 Å². The number of nitrogens with zero attached hydrogens (tertiary/aromatic N) is 2. The van der Waals surface area contributed by atoms with Crippen LogP contribution in [0.1, 0.15) is 17.5 Å². The first-order valence-corrected chi connectivity index (χ1v) is 7.84.